The second-order valence-electron chi connectivity index (χ2n) is 5.69. The van der Waals surface area contributed by atoms with E-state index in [2.05, 4.69) is 0 Å². The van der Waals surface area contributed by atoms with E-state index in [1.807, 2.05) is 0 Å². The summed E-state index contributed by atoms with van der Waals surface area (Å²) in [5.74, 6) is 0. The van der Waals surface area contributed by atoms with Crippen molar-refractivity contribution in [2.45, 2.75) is 25.7 Å². The zero-order valence-corrected chi connectivity index (χ0v) is 12.1. The van der Waals surface area contributed by atoms with Crippen LogP contribution >= 0.6 is 7.37 Å². The summed E-state index contributed by atoms with van der Waals surface area (Å²) in [7, 11) is -2.98. The van der Waals surface area contributed by atoms with Gasteiger partial charge in [0.2, 0.25) is 0 Å². The molecule has 18 heavy (non-hydrogen) atoms. The summed E-state index contributed by atoms with van der Waals surface area (Å²) >= 11 is 0. The van der Waals surface area contributed by atoms with Gasteiger partial charge in [-0.2, -0.15) is 0 Å². The topological polar surface area (TPSA) is 55.4 Å². The van der Waals surface area contributed by atoms with Crippen molar-refractivity contribution in [1.29, 1.82) is 0 Å². The molecule has 2 heterocycles. The molecule has 6 heteroatoms. The van der Waals surface area contributed by atoms with E-state index >= 15 is 0 Å². The van der Waals surface area contributed by atoms with E-state index in [4.69, 9.17) is 4.74 Å². The summed E-state index contributed by atoms with van der Waals surface area (Å²) in [5, 5.41) is 0. The lowest BCUT2D eigenvalue weighted by Gasteiger charge is -2.27. The highest BCUT2D eigenvalue weighted by atomic mass is 31.2. The lowest BCUT2D eigenvalue weighted by atomic mass is 10.2. The largest absolute Gasteiger partial charge is 0.370 e. The molecule has 0 aromatic rings. The Labute approximate surface area is 110 Å². The van der Waals surface area contributed by atoms with Gasteiger partial charge in [0.05, 0.1) is 26.3 Å². The van der Waals surface area contributed by atoms with Gasteiger partial charge in [-0.25, -0.2) is 0 Å². The Morgan fingerprint density at radius 1 is 0.889 bits per heavy atom. The maximum absolute atomic E-state index is 12.3. The van der Waals surface area contributed by atoms with Gasteiger partial charge in [-0.3, -0.25) is 4.57 Å². The zero-order chi connectivity index (χ0) is 12.8. The zero-order valence-electron chi connectivity index (χ0n) is 11.2. The number of rotatable bonds is 4. The minimum atomic E-state index is -2.98. The Balaban J connectivity index is 1.79. The molecule has 0 radical (unpaired) electrons. The van der Waals surface area contributed by atoms with Gasteiger partial charge in [0, 0.05) is 0 Å². The predicted octanol–water partition coefficient (Wildman–Crippen LogP) is -1.45. The molecule has 0 aromatic heterocycles. The van der Waals surface area contributed by atoms with Crippen LogP contribution in [-0.4, -0.2) is 56.9 Å². The third-order valence-electron chi connectivity index (χ3n) is 3.95. The quantitative estimate of drug-likeness (QED) is 0.551. The van der Waals surface area contributed by atoms with E-state index in [1.165, 1.54) is 35.5 Å². The van der Waals surface area contributed by atoms with E-state index in [-0.39, 0.29) is 0 Å². The first-order valence-electron chi connectivity index (χ1n) is 7.21. The monoisotopic (exact) mass is 278 g/mol. The van der Waals surface area contributed by atoms with E-state index < -0.39 is 7.37 Å². The van der Waals surface area contributed by atoms with Crippen LogP contribution in [0, 0.1) is 0 Å². The average Bonchev–Trinajstić information content (AvgIpc) is 2.57. The van der Waals surface area contributed by atoms with E-state index in [9.17, 15) is 9.46 Å². The molecule has 1 atom stereocenters. The summed E-state index contributed by atoms with van der Waals surface area (Å²) in [5.41, 5.74) is 0. The van der Waals surface area contributed by atoms with Crippen molar-refractivity contribution in [3.05, 3.63) is 0 Å². The molecular formula is C12H27N2O3P+2. The maximum Gasteiger partial charge on any atom is 0.305 e. The third-order valence-corrected chi connectivity index (χ3v) is 5.83. The van der Waals surface area contributed by atoms with Gasteiger partial charge < -0.3 is 19.4 Å². The number of morpholine rings is 1. The number of ether oxygens (including phenoxy) is 1. The average molecular weight is 278 g/mol. The molecule has 0 aromatic carbocycles. The van der Waals surface area contributed by atoms with Crippen LogP contribution in [-0.2, 0) is 9.30 Å². The van der Waals surface area contributed by atoms with Crippen molar-refractivity contribution in [2.24, 2.45) is 0 Å². The summed E-state index contributed by atoms with van der Waals surface area (Å²) in [6.45, 7) is 5.35. The van der Waals surface area contributed by atoms with Gasteiger partial charge in [0.25, 0.3) is 0 Å². The molecule has 0 aliphatic carbocycles. The number of nitrogens with one attached hydrogen (secondary N) is 2. The molecule has 0 spiro atoms. The molecule has 2 aliphatic rings. The number of quaternary nitrogens is 2. The van der Waals surface area contributed by atoms with Crippen molar-refractivity contribution < 1.29 is 24.0 Å². The smallest absolute Gasteiger partial charge is 0.305 e. The van der Waals surface area contributed by atoms with Crippen molar-refractivity contribution in [3.63, 3.8) is 0 Å². The van der Waals surface area contributed by atoms with Crippen molar-refractivity contribution >= 4 is 7.37 Å². The van der Waals surface area contributed by atoms with Crippen LogP contribution in [0.25, 0.3) is 0 Å². The number of hydrogen-bond donors (Lipinski definition) is 3. The Morgan fingerprint density at radius 2 is 1.39 bits per heavy atom. The van der Waals surface area contributed by atoms with Gasteiger partial charge in [-0.1, -0.05) is 0 Å². The fourth-order valence-electron chi connectivity index (χ4n) is 2.96. The van der Waals surface area contributed by atoms with Crippen LogP contribution in [0.2, 0.25) is 0 Å². The van der Waals surface area contributed by atoms with E-state index in [1.54, 1.807) is 0 Å². The summed E-state index contributed by atoms with van der Waals surface area (Å²) in [6.07, 6.45) is 5.89. The molecular weight excluding hydrogens is 251 g/mol. The Hall–Kier alpha value is 0.0700. The molecule has 0 amide bonds. The summed E-state index contributed by atoms with van der Waals surface area (Å²) in [4.78, 5) is 12.8. The van der Waals surface area contributed by atoms with Crippen molar-refractivity contribution in [2.75, 3.05) is 52.0 Å². The molecule has 0 bridgehead atoms. The van der Waals surface area contributed by atoms with Gasteiger partial charge in [-0.15, -0.1) is 0 Å². The highest BCUT2D eigenvalue weighted by Gasteiger charge is 2.32. The SMILES string of the molecule is O=P(O)(C[NH+]1CCCCCC1)C[NH+]1CCOCC1. The normalized spacial score (nSPS) is 27.6. The van der Waals surface area contributed by atoms with Crippen molar-refractivity contribution in [1.82, 2.24) is 0 Å². The molecule has 5 nitrogen and oxygen atoms in total. The van der Waals surface area contributed by atoms with E-state index in [0.717, 1.165) is 39.4 Å². The van der Waals surface area contributed by atoms with Crippen LogP contribution in [0.4, 0.5) is 0 Å². The highest BCUT2D eigenvalue weighted by Crippen LogP contribution is 2.34. The number of likely N-dealkylation sites (tertiary alicyclic amines) is 1. The lowest BCUT2D eigenvalue weighted by Crippen LogP contribution is -3.15. The second kappa shape index (κ2) is 7.01. The van der Waals surface area contributed by atoms with Crippen molar-refractivity contribution in [3.8, 4) is 0 Å². The lowest BCUT2D eigenvalue weighted by molar-refractivity contribution is -0.902. The Morgan fingerprint density at radius 3 is 1.94 bits per heavy atom. The minimum absolute atomic E-state index is 0.430. The maximum atomic E-state index is 12.3. The van der Waals surface area contributed by atoms with Gasteiger partial charge in [0.15, 0.2) is 12.6 Å². The first-order valence-corrected chi connectivity index (χ1v) is 9.24. The molecule has 0 saturated carbocycles. The Kier molecular flexibility index (Phi) is 5.64. The van der Waals surface area contributed by atoms with Gasteiger partial charge >= 0.3 is 7.37 Å². The fraction of sp³-hybridized carbons (Fsp3) is 1.00. The predicted molar refractivity (Wildman–Crippen MR) is 70.2 cm³/mol. The molecule has 3 N–H and O–H groups in total. The third kappa shape index (κ3) is 4.98. The van der Waals surface area contributed by atoms with Crippen LogP contribution < -0.4 is 9.80 Å². The molecule has 2 aliphatic heterocycles. The summed E-state index contributed by atoms with van der Waals surface area (Å²) < 4.78 is 17.6. The van der Waals surface area contributed by atoms with Gasteiger partial charge in [-0.05, 0) is 25.7 Å². The van der Waals surface area contributed by atoms with Gasteiger partial charge in [0.1, 0.15) is 13.1 Å². The standard InChI is InChI=1S/C12H25N2O3P/c15-18(16,12-14-7-9-17-10-8-14)11-13-5-3-1-2-4-6-13/h1-12H2,(H,15,16)/p+2. The first-order chi connectivity index (χ1) is 8.66. The summed E-state index contributed by atoms with van der Waals surface area (Å²) in [6, 6.07) is 0. The molecule has 2 rings (SSSR count). The fourth-order valence-corrected chi connectivity index (χ4v) is 5.10. The molecule has 2 fully saturated rings. The second-order valence-corrected chi connectivity index (χ2v) is 8.01. The minimum Gasteiger partial charge on any atom is -0.370 e. The first kappa shape index (κ1) is 14.5. The molecule has 1 unspecified atom stereocenters. The van der Waals surface area contributed by atoms with Crippen LogP contribution in [0.3, 0.4) is 0 Å². The van der Waals surface area contributed by atoms with Crippen LogP contribution in [0.15, 0.2) is 0 Å². The van der Waals surface area contributed by atoms with Crippen LogP contribution in [0.1, 0.15) is 25.7 Å². The number of hydrogen-bond acceptors (Lipinski definition) is 2. The molecule has 106 valence electrons. The highest BCUT2D eigenvalue weighted by molar-refractivity contribution is 7.57. The molecule has 2 saturated heterocycles. The van der Waals surface area contributed by atoms with Crippen LogP contribution in [0.5, 0.6) is 0 Å². The van der Waals surface area contributed by atoms with E-state index in [0.29, 0.717) is 12.6 Å². The Bertz CT molecular complexity index is 287.